The molecule has 0 fully saturated rings. The molecule has 7 heteroatoms. The van der Waals surface area contributed by atoms with Crippen molar-refractivity contribution in [1.29, 1.82) is 0 Å². The van der Waals surface area contributed by atoms with Gasteiger partial charge in [0.25, 0.3) is 0 Å². The highest BCUT2D eigenvalue weighted by atomic mass is 35.5. The number of ether oxygens (including phenoxy) is 1. The first-order valence-corrected chi connectivity index (χ1v) is 8.60. The van der Waals surface area contributed by atoms with Crippen molar-refractivity contribution < 1.29 is 4.74 Å². The Morgan fingerprint density at radius 1 is 1.00 bits per heavy atom. The lowest BCUT2D eigenvalue weighted by Crippen LogP contribution is -2.02. The Bertz CT molecular complexity index is 883. The Morgan fingerprint density at radius 2 is 1.73 bits per heavy atom. The summed E-state index contributed by atoms with van der Waals surface area (Å²) >= 11 is 6.14. The minimum atomic E-state index is 0.370. The minimum Gasteiger partial charge on any atom is -0.495 e. The summed E-state index contributed by atoms with van der Waals surface area (Å²) in [6.07, 6.45) is 1.57. The maximum atomic E-state index is 6.14. The number of rotatable bonds is 6. The third-order valence-electron chi connectivity index (χ3n) is 3.82. The first kappa shape index (κ1) is 17.9. The summed E-state index contributed by atoms with van der Waals surface area (Å²) in [6.45, 7) is 4.33. The Morgan fingerprint density at radius 3 is 2.38 bits per heavy atom. The van der Waals surface area contributed by atoms with Crippen LogP contribution in [0.25, 0.3) is 0 Å². The third-order valence-corrected chi connectivity index (χ3v) is 4.11. The Hall–Kier alpha value is -2.86. The summed E-state index contributed by atoms with van der Waals surface area (Å²) < 4.78 is 5.15. The van der Waals surface area contributed by atoms with Crippen LogP contribution in [0, 0.1) is 0 Å². The third kappa shape index (κ3) is 4.40. The number of benzene rings is 2. The van der Waals surface area contributed by atoms with Crippen LogP contribution in [0.3, 0.4) is 0 Å². The zero-order valence-electron chi connectivity index (χ0n) is 14.8. The van der Waals surface area contributed by atoms with Gasteiger partial charge in [-0.2, -0.15) is 10.1 Å². The number of nitrogens with one attached hydrogen (secondary N) is 2. The Kier molecular flexibility index (Phi) is 5.53. The fraction of sp³-hybridized carbons (Fsp3) is 0.211. The van der Waals surface area contributed by atoms with Crippen molar-refractivity contribution in [2.24, 2.45) is 0 Å². The van der Waals surface area contributed by atoms with E-state index in [9.17, 15) is 0 Å². The molecule has 3 rings (SSSR count). The van der Waals surface area contributed by atoms with Crippen LogP contribution in [0.4, 0.5) is 23.1 Å². The van der Waals surface area contributed by atoms with Gasteiger partial charge in [-0.15, -0.1) is 5.10 Å². The van der Waals surface area contributed by atoms with Gasteiger partial charge in [-0.3, -0.25) is 0 Å². The van der Waals surface area contributed by atoms with Crippen LogP contribution in [0.2, 0.25) is 5.02 Å². The zero-order chi connectivity index (χ0) is 18.5. The van der Waals surface area contributed by atoms with E-state index in [2.05, 4.69) is 51.8 Å². The van der Waals surface area contributed by atoms with Gasteiger partial charge in [0.1, 0.15) is 5.75 Å². The van der Waals surface area contributed by atoms with Crippen LogP contribution < -0.4 is 15.4 Å². The van der Waals surface area contributed by atoms with Crippen molar-refractivity contribution in [3.05, 3.63) is 59.2 Å². The van der Waals surface area contributed by atoms with Gasteiger partial charge in [0.15, 0.2) is 5.82 Å². The molecule has 0 radical (unpaired) electrons. The van der Waals surface area contributed by atoms with Gasteiger partial charge in [-0.25, -0.2) is 0 Å². The lowest BCUT2D eigenvalue weighted by molar-refractivity contribution is 0.415. The molecule has 0 aliphatic heterocycles. The van der Waals surface area contributed by atoms with E-state index < -0.39 is 0 Å². The average molecular weight is 370 g/mol. The minimum absolute atomic E-state index is 0.370. The number of anilines is 4. The van der Waals surface area contributed by atoms with Crippen molar-refractivity contribution in [2.45, 2.75) is 19.8 Å². The Labute approximate surface area is 157 Å². The summed E-state index contributed by atoms with van der Waals surface area (Å²) in [7, 11) is 1.57. The number of aromatic nitrogens is 3. The molecule has 0 aliphatic carbocycles. The molecule has 0 saturated heterocycles. The molecular weight excluding hydrogens is 350 g/mol. The van der Waals surface area contributed by atoms with Gasteiger partial charge in [-0.05, 0) is 41.8 Å². The van der Waals surface area contributed by atoms with Crippen molar-refractivity contribution in [2.75, 3.05) is 17.7 Å². The van der Waals surface area contributed by atoms with Crippen LogP contribution in [0.15, 0.2) is 48.7 Å². The fourth-order valence-corrected chi connectivity index (χ4v) is 2.65. The predicted octanol–water partition coefficient (Wildman–Crippen LogP) is 5.14. The highest BCUT2D eigenvalue weighted by molar-refractivity contribution is 6.32. The molecule has 134 valence electrons. The molecule has 3 aromatic rings. The van der Waals surface area contributed by atoms with E-state index in [-0.39, 0.29) is 0 Å². The first-order valence-electron chi connectivity index (χ1n) is 8.22. The highest BCUT2D eigenvalue weighted by Gasteiger charge is 2.06. The van der Waals surface area contributed by atoms with E-state index in [1.54, 1.807) is 25.4 Å². The van der Waals surface area contributed by atoms with E-state index in [1.807, 2.05) is 18.2 Å². The van der Waals surface area contributed by atoms with Gasteiger partial charge in [-0.1, -0.05) is 37.6 Å². The van der Waals surface area contributed by atoms with Crippen LogP contribution in [0.1, 0.15) is 25.3 Å². The maximum absolute atomic E-state index is 6.14. The second-order valence-electron chi connectivity index (χ2n) is 6.04. The molecule has 1 heterocycles. The number of methoxy groups -OCH3 is 1. The number of hydrogen-bond donors (Lipinski definition) is 2. The van der Waals surface area contributed by atoms with E-state index in [0.29, 0.717) is 28.5 Å². The normalized spacial score (nSPS) is 10.7. The quantitative estimate of drug-likeness (QED) is 0.626. The summed E-state index contributed by atoms with van der Waals surface area (Å²) in [6, 6.07) is 13.6. The van der Waals surface area contributed by atoms with Crippen LogP contribution in [-0.2, 0) is 0 Å². The summed E-state index contributed by atoms with van der Waals surface area (Å²) in [5.41, 5.74) is 2.97. The van der Waals surface area contributed by atoms with Crippen molar-refractivity contribution in [3.63, 3.8) is 0 Å². The largest absolute Gasteiger partial charge is 0.495 e. The molecule has 0 aliphatic rings. The van der Waals surface area contributed by atoms with Crippen LogP contribution >= 0.6 is 11.6 Å². The molecule has 2 aromatic carbocycles. The molecule has 0 amide bonds. The summed E-state index contributed by atoms with van der Waals surface area (Å²) in [5.74, 6) is 2.07. The van der Waals surface area contributed by atoms with Crippen LogP contribution in [0.5, 0.6) is 5.75 Å². The smallest absolute Gasteiger partial charge is 0.249 e. The standard InChI is InChI=1S/C19H20ClN5O/c1-12(2)13-4-6-14(7-5-13)22-18-11-21-25-19(24-18)23-15-8-9-17(26-3)16(20)10-15/h4-12H,1-3H3,(H2,22,23,24,25). The molecule has 0 atom stereocenters. The van der Waals surface area contributed by atoms with E-state index in [4.69, 9.17) is 16.3 Å². The van der Waals surface area contributed by atoms with Crippen molar-refractivity contribution in [1.82, 2.24) is 15.2 Å². The molecule has 1 aromatic heterocycles. The number of nitrogens with zero attached hydrogens (tertiary/aromatic N) is 3. The predicted molar refractivity (Wildman–Crippen MR) is 105 cm³/mol. The van der Waals surface area contributed by atoms with Gasteiger partial charge in [0.05, 0.1) is 18.3 Å². The van der Waals surface area contributed by atoms with E-state index in [0.717, 1.165) is 11.4 Å². The van der Waals surface area contributed by atoms with Crippen LogP contribution in [-0.4, -0.2) is 22.3 Å². The van der Waals surface area contributed by atoms with Gasteiger partial charge < -0.3 is 15.4 Å². The molecule has 26 heavy (non-hydrogen) atoms. The molecular formula is C19H20ClN5O. The van der Waals surface area contributed by atoms with Gasteiger partial charge >= 0.3 is 0 Å². The van der Waals surface area contributed by atoms with Crippen molar-refractivity contribution in [3.8, 4) is 5.75 Å². The zero-order valence-corrected chi connectivity index (χ0v) is 15.6. The number of hydrogen-bond acceptors (Lipinski definition) is 6. The lowest BCUT2D eigenvalue weighted by Gasteiger charge is -2.10. The Balaban J connectivity index is 1.72. The summed E-state index contributed by atoms with van der Waals surface area (Å²) in [4.78, 5) is 4.42. The molecule has 6 nitrogen and oxygen atoms in total. The fourth-order valence-electron chi connectivity index (χ4n) is 2.39. The first-order chi connectivity index (χ1) is 12.5. The molecule has 0 unspecified atom stereocenters. The maximum Gasteiger partial charge on any atom is 0.249 e. The average Bonchev–Trinajstić information content (AvgIpc) is 2.63. The monoisotopic (exact) mass is 369 g/mol. The highest BCUT2D eigenvalue weighted by Crippen LogP contribution is 2.28. The molecule has 0 saturated carbocycles. The lowest BCUT2D eigenvalue weighted by atomic mass is 10.0. The molecule has 0 spiro atoms. The van der Waals surface area contributed by atoms with Crippen molar-refractivity contribution >= 4 is 34.7 Å². The second kappa shape index (κ2) is 8.01. The molecule has 2 N–H and O–H groups in total. The van der Waals surface area contributed by atoms with E-state index in [1.165, 1.54) is 5.56 Å². The van der Waals surface area contributed by atoms with Gasteiger partial charge in [0, 0.05) is 11.4 Å². The van der Waals surface area contributed by atoms with Gasteiger partial charge in [0.2, 0.25) is 5.95 Å². The second-order valence-corrected chi connectivity index (χ2v) is 6.45. The molecule has 0 bridgehead atoms. The summed E-state index contributed by atoms with van der Waals surface area (Å²) in [5, 5.41) is 14.8. The topological polar surface area (TPSA) is 72.0 Å². The SMILES string of the molecule is COc1ccc(Nc2nncc(Nc3ccc(C(C)C)cc3)n2)cc1Cl. The van der Waals surface area contributed by atoms with E-state index >= 15 is 0 Å². The number of halogens is 1.